The minimum atomic E-state index is -5.79. The molecule has 1 unspecified atom stereocenters. The van der Waals surface area contributed by atoms with Crippen LogP contribution in [0.2, 0.25) is 0 Å². The van der Waals surface area contributed by atoms with Crippen LogP contribution in [0.15, 0.2) is 24.5 Å². The second-order valence-corrected chi connectivity index (χ2v) is 7.49. The van der Waals surface area contributed by atoms with E-state index in [2.05, 4.69) is 0 Å². The summed E-state index contributed by atoms with van der Waals surface area (Å²) in [7, 11) is -11.4. The van der Waals surface area contributed by atoms with Gasteiger partial charge in [-0.25, -0.2) is 4.39 Å². The second-order valence-electron chi connectivity index (χ2n) is 3.53. The fourth-order valence-electron chi connectivity index (χ4n) is 1.18. The summed E-state index contributed by atoms with van der Waals surface area (Å²) in [5.41, 5.74) is 0. The summed E-state index contributed by atoms with van der Waals surface area (Å²) < 4.78 is 35.4. The van der Waals surface area contributed by atoms with E-state index in [1.165, 1.54) is 0 Å². The molecular formula is C7H10FNO7P2. The van der Waals surface area contributed by atoms with Crippen molar-refractivity contribution < 1.29 is 42.8 Å². The first kappa shape index (κ1) is 15.4. The van der Waals surface area contributed by atoms with E-state index in [-0.39, 0.29) is 0 Å². The first-order valence-electron chi connectivity index (χ1n) is 4.44. The predicted octanol–water partition coefficient (Wildman–Crippen LogP) is -1.52. The Labute approximate surface area is 101 Å². The van der Waals surface area contributed by atoms with Crippen LogP contribution in [0, 0.1) is 5.82 Å². The molecule has 2 atom stereocenters. The summed E-state index contributed by atoms with van der Waals surface area (Å²) in [6, 6.07) is 2.13. The van der Waals surface area contributed by atoms with Gasteiger partial charge in [-0.15, -0.1) is 0 Å². The molecule has 0 aliphatic heterocycles. The van der Waals surface area contributed by atoms with Gasteiger partial charge in [0, 0.05) is 6.07 Å². The van der Waals surface area contributed by atoms with Crippen molar-refractivity contribution in [3.8, 4) is 0 Å². The van der Waals surface area contributed by atoms with Gasteiger partial charge in [-0.3, -0.25) is 4.57 Å². The third-order valence-electron chi connectivity index (χ3n) is 2.14. The van der Waals surface area contributed by atoms with Gasteiger partial charge >= 0.3 is 7.60 Å². The van der Waals surface area contributed by atoms with Crippen LogP contribution in [0.5, 0.6) is 0 Å². The Balaban J connectivity index is 3.25. The van der Waals surface area contributed by atoms with Gasteiger partial charge in [0.05, 0.1) is 0 Å². The Kier molecular flexibility index (Phi) is 4.10. The van der Waals surface area contributed by atoms with Crippen molar-refractivity contribution in [2.24, 2.45) is 0 Å². The molecule has 102 valence electrons. The van der Waals surface area contributed by atoms with E-state index >= 15 is 0 Å². The van der Waals surface area contributed by atoms with Crippen LogP contribution in [0.25, 0.3) is 0 Å². The molecule has 1 aromatic rings. The zero-order valence-electron chi connectivity index (χ0n) is 8.75. The molecule has 8 nitrogen and oxygen atoms in total. The molecule has 0 fully saturated rings. The van der Waals surface area contributed by atoms with Crippen LogP contribution < -0.4 is 9.46 Å². The van der Waals surface area contributed by atoms with E-state index in [0.717, 1.165) is 18.3 Å². The molecule has 0 aromatic carbocycles. The highest BCUT2D eigenvalue weighted by molar-refractivity contribution is 7.71. The smallest absolute Gasteiger partial charge is 0.372 e. The number of aliphatic hydroxyl groups is 1. The third kappa shape index (κ3) is 3.02. The van der Waals surface area contributed by atoms with Gasteiger partial charge in [-0.1, -0.05) is 0 Å². The number of aromatic nitrogens is 1. The van der Waals surface area contributed by atoms with E-state index in [9.17, 15) is 23.5 Å². The van der Waals surface area contributed by atoms with E-state index in [1.807, 2.05) is 0 Å². The molecule has 1 heterocycles. The second kappa shape index (κ2) is 4.79. The van der Waals surface area contributed by atoms with E-state index in [1.54, 1.807) is 0 Å². The number of halogens is 1. The summed E-state index contributed by atoms with van der Waals surface area (Å²) in [4.78, 5) is 37.3. The van der Waals surface area contributed by atoms with Crippen LogP contribution >= 0.6 is 15.2 Å². The SMILES string of the molecule is O=P([O-])(O)[C@@](O)(C[n+]1cccc(F)c1)P(=O)(O)O. The van der Waals surface area contributed by atoms with E-state index in [0.29, 0.717) is 10.8 Å². The van der Waals surface area contributed by atoms with Gasteiger partial charge in [-0.2, -0.15) is 4.57 Å². The highest BCUT2D eigenvalue weighted by atomic mass is 31.2. The fourth-order valence-corrected chi connectivity index (χ4v) is 3.19. The predicted molar refractivity (Wildman–Crippen MR) is 53.4 cm³/mol. The van der Waals surface area contributed by atoms with E-state index < -0.39 is 32.6 Å². The van der Waals surface area contributed by atoms with Crippen molar-refractivity contribution in [3.05, 3.63) is 30.3 Å². The molecular weight excluding hydrogens is 291 g/mol. The monoisotopic (exact) mass is 301 g/mol. The average Bonchev–Trinajstić information content (AvgIpc) is 2.13. The Morgan fingerprint density at radius 3 is 2.33 bits per heavy atom. The van der Waals surface area contributed by atoms with Crippen LogP contribution in [-0.4, -0.2) is 24.9 Å². The summed E-state index contributed by atoms with van der Waals surface area (Å²) in [6.45, 7) is -1.22. The standard InChI is InChI=1S/C7H10FNO7P2/c8-6-2-1-3-9(4-6)5-7(10,17(11,12)13)18(14,15)16/h1-4,10H,5H2,(H3-,11,12,13,14,15,16). The molecule has 0 amide bonds. The lowest BCUT2D eigenvalue weighted by molar-refractivity contribution is -0.705. The normalized spacial score (nSPS) is 19.0. The highest BCUT2D eigenvalue weighted by Gasteiger charge is 2.57. The van der Waals surface area contributed by atoms with Crippen molar-refractivity contribution in [1.29, 1.82) is 0 Å². The molecule has 0 radical (unpaired) electrons. The zero-order chi connectivity index (χ0) is 14.2. The number of rotatable bonds is 4. The van der Waals surface area contributed by atoms with Crippen molar-refractivity contribution in [1.82, 2.24) is 0 Å². The maximum atomic E-state index is 12.8. The Hall–Kier alpha value is -0.660. The van der Waals surface area contributed by atoms with Crippen LogP contribution in [-0.2, 0) is 15.7 Å². The van der Waals surface area contributed by atoms with E-state index in [4.69, 9.17) is 14.7 Å². The lowest BCUT2D eigenvalue weighted by Gasteiger charge is -2.33. The summed E-state index contributed by atoms with van der Waals surface area (Å²) in [6.07, 6.45) is 1.77. The Morgan fingerprint density at radius 1 is 1.39 bits per heavy atom. The summed E-state index contributed by atoms with van der Waals surface area (Å²) >= 11 is 0. The first-order chi connectivity index (χ1) is 7.97. The number of hydrogen-bond donors (Lipinski definition) is 4. The van der Waals surface area contributed by atoms with Crippen molar-refractivity contribution >= 4 is 15.2 Å². The fraction of sp³-hybridized carbons (Fsp3) is 0.286. The molecule has 0 bridgehead atoms. The quantitative estimate of drug-likeness (QED) is 0.391. The maximum absolute atomic E-state index is 12.8. The number of hydrogen-bond acceptors (Lipinski definition) is 4. The van der Waals surface area contributed by atoms with Crippen LogP contribution in [0.1, 0.15) is 0 Å². The molecule has 11 heteroatoms. The first-order valence-corrected chi connectivity index (χ1v) is 7.63. The molecule has 0 saturated heterocycles. The lowest BCUT2D eigenvalue weighted by Crippen LogP contribution is -2.49. The maximum Gasteiger partial charge on any atom is 0.372 e. The number of nitrogens with zero attached hydrogens (tertiary/aromatic N) is 1. The van der Waals surface area contributed by atoms with Gasteiger partial charge in [0.15, 0.2) is 26.2 Å². The zero-order valence-corrected chi connectivity index (χ0v) is 10.5. The van der Waals surface area contributed by atoms with Crippen molar-refractivity contribution in [3.63, 3.8) is 0 Å². The summed E-state index contributed by atoms with van der Waals surface area (Å²) in [5, 5.41) is 5.79. The topological polar surface area (TPSA) is 142 Å². The average molecular weight is 301 g/mol. The molecule has 0 saturated carbocycles. The Bertz CT molecular complexity index is 516. The molecule has 18 heavy (non-hydrogen) atoms. The molecule has 4 N–H and O–H groups in total. The Morgan fingerprint density at radius 2 is 1.94 bits per heavy atom. The highest BCUT2D eigenvalue weighted by Crippen LogP contribution is 2.65. The molecule has 1 aromatic heterocycles. The van der Waals surface area contributed by atoms with Crippen LogP contribution in [0.3, 0.4) is 0 Å². The van der Waals surface area contributed by atoms with Crippen molar-refractivity contribution in [2.45, 2.75) is 11.6 Å². The minimum absolute atomic E-state index is 0.690. The molecule has 1 rings (SSSR count). The molecule has 0 aliphatic carbocycles. The van der Waals surface area contributed by atoms with Gasteiger partial charge in [0.1, 0.15) is 0 Å². The van der Waals surface area contributed by atoms with Gasteiger partial charge < -0.3 is 29.2 Å². The molecule has 0 aliphatic rings. The van der Waals surface area contributed by atoms with Gasteiger partial charge in [0.2, 0.25) is 6.20 Å². The lowest BCUT2D eigenvalue weighted by atomic mass is 10.4. The third-order valence-corrected chi connectivity index (χ3v) is 5.80. The van der Waals surface area contributed by atoms with Crippen molar-refractivity contribution in [2.75, 3.05) is 0 Å². The van der Waals surface area contributed by atoms with Crippen LogP contribution in [0.4, 0.5) is 4.39 Å². The minimum Gasteiger partial charge on any atom is -0.776 e. The molecule has 0 spiro atoms. The van der Waals surface area contributed by atoms with Gasteiger partial charge in [-0.05, 0) is 6.07 Å². The van der Waals surface area contributed by atoms with Gasteiger partial charge in [0.25, 0.3) is 5.08 Å². The number of pyridine rings is 1. The summed E-state index contributed by atoms with van der Waals surface area (Å²) in [5.74, 6) is -0.816. The largest absolute Gasteiger partial charge is 0.776 e.